The van der Waals surface area contributed by atoms with E-state index in [0.29, 0.717) is 24.2 Å². The zero-order valence-electron chi connectivity index (χ0n) is 18.5. The average molecular weight is 486 g/mol. The van der Waals surface area contributed by atoms with Gasteiger partial charge in [-0.15, -0.1) is 0 Å². The largest absolute Gasteiger partial charge is 0.423 e. The summed E-state index contributed by atoms with van der Waals surface area (Å²) in [7, 11) is 3.89. The number of carbonyl (C=O) groups excluding carboxylic acids is 2. The molecule has 3 rings (SSSR count). The van der Waals surface area contributed by atoms with E-state index in [-0.39, 0.29) is 11.7 Å². The summed E-state index contributed by atoms with van der Waals surface area (Å²) in [6.45, 7) is 6.54. The topological polar surface area (TPSA) is 63.6 Å². The van der Waals surface area contributed by atoms with Gasteiger partial charge < -0.3 is 19.5 Å². The number of amides is 1. The lowest BCUT2D eigenvalue weighted by atomic mass is 9.97. The van der Waals surface area contributed by atoms with Crippen LogP contribution in [0.15, 0.2) is 53.0 Å². The Morgan fingerprint density at radius 1 is 1.10 bits per heavy atom. The Morgan fingerprint density at radius 3 is 2.39 bits per heavy atom. The second kappa shape index (κ2) is 9.24. The van der Waals surface area contributed by atoms with Gasteiger partial charge in [-0.2, -0.15) is 0 Å². The van der Waals surface area contributed by atoms with Crippen molar-refractivity contribution in [2.45, 2.75) is 20.8 Å². The van der Waals surface area contributed by atoms with E-state index < -0.39 is 11.4 Å². The van der Waals surface area contributed by atoms with Crippen molar-refractivity contribution in [1.29, 1.82) is 0 Å². The number of rotatable bonds is 6. The first kappa shape index (κ1) is 23.0. The van der Waals surface area contributed by atoms with E-state index >= 15 is 0 Å². The summed E-state index contributed by atoms with van der Waals surface area (Å²) >= 11 is 3.50. The molecule has 7 heteroatoms. The first-order valence-electron chi connectivity index (χ1n) is 10.1. The molecule has 1 amide bonds. The Bertz CT molecular complexity index is 1100. The van der Waals surface area contributed by atoms with Crippen molar-refractivity contribution in [3.63, 3.8) is 0 Å². The van der Waals surface area contributed by atoms with Crippen LogP contribution in [-0.4, -0.2) is 48.5 Å². The maximum absolute atomic E-state index is 13.4. The molecule has 6 nitrogen and oxygen atoms in total. The Balaban J connectivity index is 2.24. The lowest BCUT2D eigenvalue weighted by molar-refractivity contribution is -0.142. The van der Waals surface area contributed by atoms with Crippen LogP contribution in [0.2, 0.25) is 0 Å². The zero-order valence-corrected chi connectivity index (χ0v) is 20.1. The fraction of sp³-hybridized carbons (Fsp3) is 0.333. The number of benzene rings is 2. The summed E-state index contributed by atoms with van der Waals surface area (Å²) in [5.74, 6) is -0.431. The molecule has 2 aromatic carbocycles. The van der Waals surface area contributed by atoms with Crippen molar-refractivity contribution >= 4 is 38.7 Å². The smallest absolute Gasteiger partial charge is 0.316 e. The Labute approximate surface area is 191 Å². The molecule has 1 N–H and O–H groups in total. The third kappa shape index (κ3) is 5.17. The molecule has 0 spiro atoms. The normalized spacial score (nSPS) is 11.7. The highest BCUT2D eigenvalue weighted by atomic mass is 79.9. The number of aromatic nitrogens is 1. The van der Waals surface area contributed by atoms with Gasteiger partial charge in [-0.1, -0.05) is 34.1 Å². The molecule has 1 heterocycles. The van der Waals surface area contributed by atoms with E-state index in [1.807, 2.05) is 72.1 Å². The van der Waals surface area contributed by atoms with E-state index in [4.69, 9.17) is 4.74 Å². The van der Waals surface area contributed by atoms with E-state index in [2.05, 4.69) is 21.2 Å². The van der Waals surface area contributed by atoms with Crippen LogP contribution in [-0.2, 0) is 4.79 Å². The maximum atomic E-state index is 13.4. The summed E-state index contributed by atoms with van der Waals surface area (Å²) < 4.78 is 8.55. The first-order chi connectivity index (χ1) is 14.6. The highest BCUT2D eigenvalue weighted by Gasteiger charge is 2.31. The Morgan fingerprint density at radius 2 is 1.77 bits per heavy atom. The number of nitrogens with one attached hydrogen (secondary N) is 1. The third-order valence-electron chi connectivity index (χ3n) is 4.76. The van der Waals surface area contributed by atoms with Crippen LogP contribution in [0.5, 0.6) is 5.75 Å². The molecule has 3 aromatic rings. The highest BCUT2D eigenvalue weighted by molar-refractivity contribution is 9.10. The fourth-order valence-corrected chi connectivity index (χ4v) is 3.47. The van der Waals surface area contributed by atoms with Crippen molar-refractivity contribution in [3.8, 4) is 11.4 Å². The number of halogens is 1. The van der Waals surface area contributed by atoms with Crippen molar-refractivity contribution in [3.05, 3.63) is 58.7 Å². The van der Waals surface area contributed by atoms with Gasteiger partial charge in [0.05, 0.1) is 10.9 Å². The average Bonchev–Trinajstić information content (AvgIpc) is 3.01. The molecule has 0 radical (unpaired) electrons. The SMILES string of the molecule is CN(C)CCNC(=O)c1c(OC(=O)C(C)(C)C)c2cc(Br)ccc2n1-c1ccccc1. The van der Waals surface area contributed by atoms with Crippen LogP contribution in [0.25, 0.3) is 16.6 Å². The van der Waals surface area contributed by atoms with Crippen LogP contribution >= 0.6 is 15.9 Å². The number of hydrogen-bond donors (Lipinski definition) is 1. The summed E-state index contributed by atoms with van der Waals surface area (Å²) in [6.07, 6.45) is 0. The Hall–Kier alpha value is -2.64. The maximum Gasteiger partial charge on any atom is 0.316 e. The lowest BCUT2D eigenvalue weighted by Gasteiger charge is -2.18. The number of nitrogens with zero attached hydrogens (tertiary/aromatic N) is 2. The summed E-state index contributed by atoms with van der Waals surface area (Å²) in [4.78, 5) is 28.2. The van der Waals surface area contributed by atoms with E-state index in [1.165, 1.54) is 0 Å². The molecule has 0 fully saturated rings. The highest BCUT2D eigenvalue weighted by Crippen LogP contribution is 2.38. The predicted octanol–water partition coefficient (Wildman–Crippen LogP) is 4.64. The molecule has 1 aromatic heterocycles. The van der Waals surface area contributed by atoms with Crippen LogP contribution in [0.3, 0.4) is 0 Å². The lowest BCUT2D eigenvalue weighted by Crippen LogP contribution is -2.33. The van der Waals surface area contributed by atoms with Gasteiger partial charge in [0.1, 0.15) is 0 Å². The molecule has 0 aliphatic carbocycles. The van der Waals surface area contributed by atoms with Gasteiger partial charge >= 0.3 is 5.97 Å². The van der Waals surface area contributed by atoms with Crippen molar-refractivity contribution in [2.75, 3.05) is 27.2 Å². The minimum atomic E-state index is -0.716. The van der Waals surface area contributed by atoms with Gasteiger partial charge in [-0.05, 0) is 65.2 Å². The number of para-hydroxylation sites is 1. The van der Waals surface area contributed by atoms with Crippen molar-refractivity contribution in [2.24, 2.45) is 5.41 Å². The number of hydrogen-bond acceptors (Lipinski definition) is 4. The van der Waals surface area contributed by atoms with Gasteiger partial charge in [0.25, 0.3) is 5.91 Å². The molecule has 31 heavy (non-hydrogen) atoms. The van der Waals surface area contributed by atoms with Gasteiger partial charge in [-0.3, -0.25) is 9.59 Å². The van der Waals surface area contributed by atoms with Crippen LogP contribution in [0.4, 0.5) is 0 Å². The molecular formula is C24H28BrN3O3. The minimum Gasteiger partial charge on any atom is -0.423 e. The standard InChI is InChI=1S/C24H28BrN3O3/c1-24(2,3)23(30)31-21-18-15-16(25)11-12-19(18)28(17-9-7-6-8-10-17)20(21)22(29)26-13-14-27(4)5/h6-12,15H,13-14H2,1-5H3,(H,26,29). The molecule has 0 aliphatic heterocycles. The van der Waals surface area contributed by atoms with Crippen molar-refractivity contribution < 1.29 is 14.3 Å². The summed E-state index contributed by atoms with van der Waals surface area (Å²) in [6, 6.07) is 15.3. The molecule has 0 saturated heterocycles. The molecule has 0 aliphatic rings. The second-order valence-electron chi connectivity index (χ2n) is 8.71. The number of likely N-dealkylation sites (N-methyl/N-ethyl adjacent to an activating group) is 1. The van der Waals surface area contributed by atoms with E-state index in [9.17, 15) is 9.59 Å². The molecule has 164 valence electrons. The fourth-order valence-electron chi connectivity index (χ4n) is 3.11. The number of esters is 1. The first-order valence-corrected chi connectivity index (χ1v) is 10.9. The van der Waals surface area contributed by atoms with E-state index in [0.717, 1.165) is 15.7 Å². The molecule has 0 atom stereocenters. The molecular weight excluding hydrogens is 458 g/mol. The third-order valence-corrected chi connectivity index (χ3v) is 5.26. The number of ether oxygens (including phenoxy) is 1. The monoisotopic (exact) mass is 485 g/mol. The molecule has 0 bridgehead atoms. The van der Waals surface area contributed by atoms with Crippen LogP contribution < -0.4 is 10.1 Å². The van der Waals surface area contributed by atoms with Gasteiger partial charge in [-0.25, -0.2) is 0 Å². The zero-order chi connectivity index (χ0) is 22.8. The number of fused-ring (bicyclic) bond motifs is 1. The number of carbonyl (C=O) groups is 2. The Kier molecular flexibility index (Phi) is 6.86. The van der Waals surface area contributed by atoms with Crippen LogP contribution in [0.1, 0.15) is 31.3 Å². The van der Waals surface area contributed by atoms with Gasteiger partial charge in [0.2, 0.25) is 0 Å². The van der Waals surface area contributed by atoms with E-state index in [1.54, 1.807) is 20.8 Å². The summed E-state index contributed by atoms with van der Waals surface area (Å²) in [5.41, 5.74) is 1.18. The second-order valence-corrected chi connectivity index (χ2v) is 9.62. The summed E-state index contributed by atoms with van der Waals surface area (Å²) in [5, 5.41) is 3.65. The quantitative estimate of drug-likeness (QED) is 0.516. The minimum absolute atomic E-state index is 0.266. The predicted molar refractivity (Wildman–Crippen MR) is 127 cm³/mol. The van der Waals surface area contributed by atoms with Crippen LogP contribution in [0, 0.1) is 5.41 Å². The molecule has 0 unspecified atom stereocenters. The molecule has 0 saturated carbocycles. The van der Waals surface area contributed by atoms with Gasteiger partial charge in [0.15, 0.2) is 11.4 Å². The van der Waals surface area contributed by atoms with Crippen molar-refractivity contribution in [1.82, 2.24) is 14.8 Å². The van der Waals surface area contributed by atoms with Gasteiger partial charge in [0, 0.05) is 28.6 Å².